The van der Waals surface area contributed by atoms with Gasteiger partial charge in [0.1, 0.15) is 12.4 Å². The molecule has 0 aliphatic heterocycles. The summed E-state index contributed by atoms with van der Waals surface area (Å²) in [4.78, 5) is 12.2. The van der Waals surface area contributed by atoms with Crippen molar-refractivity contribution in [3.63, 3.8) is 0 Å². The molecule has 1 N–H and O–H groups in total. The molecule has 1 aromatic heterocycles. The predicted octanol–water partition coefficient (Wildman–Crippen LogP) is 4.76. The van der Waals surface area contributed by atoms with Crippen LogP contribution in [0, 0.1) is 13.8 Å². The average molecular weight is 450 g/mol. The van der Waals surface area contributed by atoms with Crippen LogP contribution < -0.4 is 10.1 Å². The van der Waals surface area contributed by atoms with E-state index < -0.39 is 17.6 Å². The first-order valence-electron chi connectivity index (χ1n) is 9.31. The standard InChI is InChI=1S/C21H21F3N4O2S/c1-13-8-14(2)10-15(9-13)30-11-18-26-27-20(28(18)3)31-12-19(29)25-17-7-5-4-6-16(17)21(22,23)24/h4-10H,11-12H2,1-3H3,(H,25,29). The first-order valence-corrected chi connectivity index (χ1v) is 10.3. The van der Waals surface area contributed by atoms with Crippen molar-refractivity contribution in [2.75, 3.05) is 11.1 Å². The molecule has 164 valence electrons. The molecule has 0 atom stereocenters. The van der Waals surface area contributed by atoms with Gasteiger partial charge in [-0.1, -0.05) is 30.0 Å². The number of anilines is 1. The summed E-state index contributed by atoms with van der Waals surface area (Å²) in [6.07, 6.45) is -4.55. The molecule has 0 aliphatic rings. The summed E-state index contributed by atoms with van der Waals surface area (Å²) in [5.74, 6) is 0.593. The van der Waals surface area contributed by atoms with Gasteiger partial charge in [-0.05, 0) is 49.2 Å². The third-order valence-electron chi connectivity index (χ3n) is 4.33. The molecule has 31 heavy (non-hydrogen) atoms. The van der Waals surface area contributed by atoms with Gasteiger partial charge in [-0.2, -0.15) is 13.2 Å². The molecular formula is C21H21F3N4O2S. The van der Waals surface area contributed by atoms with E-state index in [9.17, 15) is 18.0 Å². The minimum atomic E-state index is -4.55. The van der Waals surface area contributed by atoms with Gasteiger partial charge in [-0.15, -0.1) is 10.2 Å². The lowest BCUT2D eigenvalue weighted by atomic mass is 10.1. The number of hydrogen-bond donors (Lipinski definition) is 1. The van der Waals surface area contributed by atoms with Crippen LogP contribution in [-0.4, -0.2) is 26.4 Å². The molecule has 0 unspecified atom stereocenters. The van der Waals surface area contributed by atoms with Gasteiger partial charge < -0.3 is 14.6 Å². The van der Waals surface area contributed by atoms with Gasteiger partial charge in [0.2, 0.25) is 5.91 Å². The van der Waals surface area contributed by atoms with Crippen molar-refractivity contribution in [3.8, 4) is 5.75 Å². The number of thioether (sulfide) groups is 1. The lowest BCUT2D eigenvalue weighted by Crippen LogP contribution is -2.18. The molecule has 0 spiro atoms. The summed E-state index contributed by atoms with van der Waals surface area (Å²) in [5.41, 5.74) is 1.00. The zero-order valence-electron chi connectivity index (χ0n) is 17.2. The maximum Gasteiger partial charge on any atom is 0.418 e. The second kappa shape index (κ2) is 9.42. The number of halogens is 3. The summed E-state index contributed by atoms with van der Waals surface area (Å²) in [5, 5.41) is 10.9. The van der Waals surface area contributed by atoms with Crippen molar-refractivity contribution >= 4 is 23.4 Å². The van der Waals surface area contributed by atoms with Crippen LogP contribution in [0.3, 0.4) is 0 Å². The molecule has 3 rings (SSSR count). The number of carbonyl (C=O) groups is 1. The number of aryl methyl sites for hydroxylation is 2. The maximum absolute atomic E-state index is 13.1. The topological polar surface area (TPSA) is 69.0 Å². The number of ether oxygens (including phenoxy) is 1. The molecular weight excluding hydrogens is 429 g/mol. The Hall–Kier alpha value is -3.01. The summed E-state index contributed by atoms with van der Waals surface area (Å²) >= 11 is 1.08. The van der Waals surface area contributed by atoms with Gasteiger partial charge in [-0.25, -0.2) is 0 Å². The van der Waals surface area contributed by atoms with Crippen molar-refractivity contribution in [1.29, 1.82) is 0 Å². The van der Waals surface area contributed by atoms with Crippen molar-refractivity contribution in [2.45, 2.75) is 31.8 Å². The van der Waals surface area contributed by atoms with E-state index in [2.05, 4.69) is 15.5 Å². The van der Waals surface area contributed by atoms with Crippen LogP contribution in [0.15, 0.2) is 47.6 Å². The van der Waals surface area contributed by atoms with E-state index in [1.807, 2.05) is 32.0 Å². The Morgan fingerprint density at radius 3 is 2.48 bits per heavy atom. The molecule has 0 bridgehead atoms. The minimum absolute atomic E-state index is 0.115. The highest BCUT2D eigenvalue weighted by Gasteiger charge is 2.33. The molecule has 10 heteroatoms. The largest absolute Gasteiger partial charge is 0.486 e. The lowest BCUT2D eigenvalue weighted by Gasteiger charge is -2.13. The highest BCUT2D eigenvalue weighted by Crippen LogP contribution is 2.34. The zero-order chi connectivity index (χ0) is 22.6. The fourth-order valence-corrected chi connectivity index (χ4v) is 3.65. The number of hydrogen-bond acceptors (Lipinski definition) is 5. The third kappa shape index (κ3) is 6.00. The van der Waals surface area contributed by atoms with Crippen LogP contribution >= 0.6 is 11.8 Å². The first kappa shape index (κ1) is 22.7. The molecule has 0 fully saturated rings. The Balaban J connectivity index is 1.58. The summed E-state index contributed by atoms with van der Waals surface area (Å²) < 4.78 is 46.6. The van der Waals surface area contributed by atoms with Crippen LogP contribution in [-0.2, 0) is 24.6 Å². The molecule has 0 aliphatic carbocycles. The van der Waals surface area contributed by atoms with Crippen LogP contribution in [0.1, 0.15) is 22.5 Å². The highest BCUT2D eigenvalue weighted by atomic mass is 32.2. The van der Waals surface area contributed by atoms with E-state index in [1.165, 1.54) is 18.2 Å². The highest BCUT2D eigenvalue weighted by molar-refractivity contribution is 7.99. The Labute approximate surface area is 181 Å². The quantitative estimate of drug-likeness (QED) is 0.526. The van der Waals surface area contributed by atoms with Gasteiger partial charge in [0.25, 0.3) is 0 Å². The molecule has 0 saturated carbocycles. The minimum Gasteiger partial charge on any atom is -0.486 e. The predicted molar refractivity (Wildman–Crippen MR) is 112 cm³/mol. The maximum atomic E-state index is 13.1. The number of rotatable bonds is 7. The SMILES string of the molecule is Cc1cc(C)cc(OCc2nnc(SCC(=O)Nc3ccccc3C(F)(F)F)n2C)c1. The Morgan fingerprint density at radius 1 is 1.13 bits per heavy atom. The Bertz CT molecular complexity index is 1060. The average Bonchev–Trinajstić information content (AvgIpc) is 3.03. The monoisotopic (exact) mass is 450 g/mol. The van der Waals surface area contributed by atoms with Gasteiger partial charge in [0, 0.05) is 7.05 Å². The lowest BCUT2D eigenvalue weighted by molar-refractivity contribution is -0.137. The van der Waals surface area contributed by atoms with Gasteiger partial charge in [-0.3, -0.25) is 4.79 Å². The number of amides is 1. The number of nitrogens with zero attached hydrogens (tertiary/aromatic N) is 3. The Kier molecular flexibility index (Phi) is 6.89. The van der Waals surface area contributed by atoms with Gasteiger partial charge >= 0.3 is 6.18 Å². The van der Waals surface area contributed by atoms with E-state index in [0.29, 0.717) is 11.0 Å². The van der Waals surface area contributed by atoms with E-state index >= 15 is 0 Å². The number of carbonyl (C=O) groups excluding carboxylic acids is 1. The van der Waals surface area contributed by atoms with Crippen molar-refractivity contribution < 1.29 is 22.7 Å². The number of para-hydroxylation sites is 1. The second-order valence-corrected chi connectivity index (χ2v) is 7.89. The Morgan fingerprint density at radius 2 is 1.81 bits per heavy atom. The molecule has 0 radical (unpaired) electrons. The van der Waals surface area contributed by atoms with Gasteiger partial charge in [0.15, 0.2) is 11.0 Å². The molecule has 6 nitrogen and oxygen atoms in total. The fourth-order valence-electron chi connectivity index (χ4n) is 2.92. The molecule has 2 aromatic carbocycles. The van der Waals surface area contributed by atoms with Crippen LogP contribution in [0.5, 0.6) is 5.75 Å². The van der Waals surface area contributed by atoms with E-state index in [4.69, 9.17) is 4.74 Å². The number of aromatic nitrogens is 3. The first-order chi connectivity index (χ1) is 14.6. The second-order valence-electron chi connectivity index (χ2n) is 6.95. The summed E-state index contributed by atoms with van der Waals surface area (Å²) in [7, 11) is 1.74. The van der Waals surface area contributed by atoms with Crippen molar-refractivity contribution in [2.24, 2.45) is 7.05 Å². The van der Waals surface area contributed by atoms with E-state index in [1.54, 1.807) is 11.6 Å². The van der Waals surface area contributed by atoms with E-state index in [-0.39, 0.29) is 18.0 Å². The van der Waals surface area contributed by atoms with Crippen LogP contribution in [0.2, 0.25) is 0 Å². The summed E-state index contributed by atoms with van der Waals surface area (Å²) in [6, 6.07) is 10.7. The molecule has 1 amide bonds. The molecule has 1 heterocycles. The van der Waals surface area contributed by atoms with Crippen molar-refractivity contribution in [3.05, 3.63) is 65.0 Å². The smallest absolute Gasteiger partial charge is 0.418 e. The van der Waals surface area contributed by atoms with Crippen LogP contribution in [0.25, 0.3) is 0 Å². The summed E-state index contributed by atoms with van der Waals surface area (Å²) in [6.45, 7) is 4.16. The number of benzene rings is 2. The van der Waals surface area contributed by atoms with E-state index in [0.717, 1.165) is 34.7 Å². The number of alkyl halides is 3. The zero-order valence-corrected chi connectivity index (χ0v) is 18.0. The number of nitrogens with one attached hydrogen (secondary N) is 1. The fraction of sp³-hybridized carbons (Fsp3) is 0.286. The molecule has 3 aromatic rings. The third-order valence-corrected chi connectivity index (χ3v) is 5.35. The normalized spacial score (nSPS) is 11.4. The van der Waals surface area contributed by atoms with Gasteiger partial charge in [0.05, 0.1) is 17.0 Å². The van der Waals surface area contributed by atoms with Crippen LogP contribution in [0.4, 0.5) is 18.9 Å². The van der Waals surface area contributed by atoms with Crippen molar-refractivity contribution in [1.82, 2.24) is 14.8 Å². The molecule has 0 saturated heterocycles.